The second-order valence-corrected chi connectivity index (χ2v) is 6.53. The Morgan fingerprint density at radius 1 is 1.35 bits per heavy atom. The number of anilines is 2. The first-order valence-electron chi connectivity index (χ1n) is 6.82. The SMILES string of the molecule is COc1cc(N)c(OC)c2c1N(CCBr)CCC2(C)C. The predicted molar refractivity (Wildman–Crippen MR) is 87.6 cm³/mol. The molecular weight excluding hydrogens is 320 g/mol. The monoisotopic (exact) mass is 342 g/mol. The number of rotatable bonds is 4. The zero-order valence-corrected chi connectivity index (χ0v) is 14.2. The van der Waals surface area contributed by atoms with E-state index in [0.29, 0.717) is 5.69 Å². The summed E-state index contributed by atoms with van der Waals surface area (Å²) in [5.74, 6) is 1.61. The van der Waals surface area contributed by atoms with Gasteiger partial charge in [0.05, 0.1) is 25.6 Å². The third-order valence-electron chi connectivity index (χ3n) is 4.02. The van der Waals surface area contributed by atoms with Crippen molar-refractivity contribution in [2.24, 2.45) is 0 Å². The van der Waals surface area contributed by atoms with Crippen LogP contribution >= 0.6 is 15.9 Å². The molecule has 20 heavy (non-hydrogen) atoms. The van der Waals surface area contributed by atoms with Crippen LogP contribution in [-0.2, 0) is 5.41 Å². The number of methoxy groups -OCH3 is 2. The number of nitrogen functional groups attached to an aromatic ring is 1. The highest BCUT2D eigenvalue weighted by Gasteiger charge is 2.37. The Morgan fingerprint density at radius 2 is 2.05 bits per heavy atom. The smallest absolute Gasteiger partial charge is 0.147 e. The first-order chi connectivity index (χ1) is 9.46. The Kier molecular flexibility index (Phi) is 4.37. The number of hydrogen-bond acceptors (Lipinski definition) is 4. The minimum Gasteiger partial charge on any atom is -0.494 e. The van der Waals surface area contributed by atoms with E-state index in [2.05, 4.69) is 34.7 Å². The van der Waals surface area contributed by atoms with Crippen molar-refractivity contribution in [1.29, 1.82) is 0 Å². The fourth-order valence-corrected chi connectivity index (χ4v) is 3.37. The van der Waals surface area contributed by atoms with Crippen molar-refractivity contribution in [1.82, 2.24) is 0 Å². The van der Waals surface area contributed by atoms with Crippen molar-refractivity contribution in [3.63, 3.8) is 0 Å². The van der Waals surface area contributed by atoms with E-state index in [1.807, 2.05) is 6.07 Å². The predicted octanol–water partition coefficient (Wildman–Crippen LogP) is 3.17. The second kappa shape index (κ2) is 5.72. The van der Waals surface area contributed by atoms with Gasteiger partial charge in [0.25, 0.3) is 0 Å². The maximum absolute atomic E-state index is 6.14. The summed E-state index contributed by atoms with van der Waals surface area (Å²) in [6.07, 6.45) is 1.07. The van der Waals surface area contributed by atoms with Crippen LogP contribution in [0, 0.1) is 0 Å². The number of fused-ring (bicyclic) bond motifs is 1. The van der Waals surface area contributed by atoms with Crippen molar-refractivity contribution in [3.05, 3.63) is 11.6 Å². The average molecular weight is 343 g/mol. The summed E-state index contributed by atoms with van der Waals surface area (Å²) in [7, 11) is 3.37. The number of halogens is 1. The largest absolute Gasteiger partial charge is 0.494 e. The van der Waals surface area contributed by atoms with E-state index in [4.69, 9.17) is 15.2 Å². The van der Waals surface area contributed by atoms with Gasteiger partial charge < -0.3 is 20.1 Å². The van der Waals surface area contributed by atoms with Gasteiger partial charge in [-0.1, -0.05) is 29.8 Å². The van der Waals surface area contributed by atoms with Crippen LogP contribution in [0.15, 0.2) is 6.07 Å². The highest BCUT2D eigenvalue weighted by atomic mass is 79.9. The second-order valence-electron chi connectivity index (χ2n) is 5.73. The van der Waals surface area contributed by atoms with Crippen LogP contribution in [0.1, 0.15) is 25.8 Å². The summed E-state index contributed by atoms with van der Waals surface area (Å²) in [6, 6.07) is 1.86. The molecule has 0 bridgehead atoms. The fourth-order valence-electron chi connectivity index (χ4n) is 2.94. The minimum atomic E-state index is 0.0200. The molecule has 0 amide bonds. The minimum absolute atomic E-state index is 0.0200. The average Bonchev–Trinajstić information content (AvgIpc) is 2.41. The molecule has 1 heterocycles. The molecule has 1 aromatic carbocycles. The molecule has 0 aromatic heterocycles. The lowest BCUT2D eigenvalue weighted by Crippen LogP contribution is -2.39. The molecule has 0 saturated carbocycles. The molecular formula is C15H23BrN2O2. The molecule has 2 rings (SSSR count). The number of ether oxygens (including phenoxy) is 2. The Balaban J connectivity index is 2.72. The van der Waals surface area contributed by atoms with E-state index in [1.165, 1.54) is 0 Å². The zero-order chi connectivity index (χ0) is 14.9. The Bertz CT molecular complexity index is 503. The van der Waals surface area contributed by atoms with Crippen LogP contribution in [0.2, 0.25) is 0 Å². The molecule has 0 spiro atoms. The molecule has 0 saturated heterocycles. The van der Waals surface area contributed by atoms with Crippen molar-refractivity contribution >= 4 is 27.3 Å². The quantitative estimate of drug-likeness (QED) is 0.674. The molecule has 0 aliphatic carbocycles. The topological polar surface area (TPSA) is 47.7 Å². The maximum Gasteiger partial charge on any atom is 0.147 e. The maximum atomic E-state index is 6.14. The first kappa shape index (κ1) is 15.3. The molecule has 0 unspecified atom stereocenters. The number of nitrogens with two attached hydrogens (primary N) is 1. The molecule has 1 aromatic rings. The van der Waals surface area contributed by atoms with Gasteiger partial charge in [-0.05, 0) is 11.8 Å². The summed E-state index contributed by atoms with van der Waals surface area (Å²) in [6.45, 7) is 6.42. The number of alkyl halides is 1. The van der Waals surface area contributed by atoms with E-state index < -0.39 is 0 Å². The molecule has 1 aliphatic rings. The Morgan fingerprint density at radius 3 is 2.60 bits per heavy atom. The molecule has 0 atom stereocenters. The molecule has 5 heteroatoms. The van der Waals surface area contributed by atoms with Gasteiger partial charge in [0.1, 0.15) is 11.5 Å². The zero-order valence-electron chi connectivity index (χ0n) is 12.6. The summed E-state index contributed by atoms with van der Waals surface area (Å²) in [5, 5.41) is 0.919. The number of benzene rings is 1. The lowest BCUT2D eigenvalue weighted by atomic mass is 9.76. The summed E-state index contributed by atoms with van der Waals surface area (Å²) in [5.41, 5.74) is 9.07. The van der Waals surface area contributed by atoms with Crippen LogP contribution < -0.4 is 20.1 Å². The third-order valence-corrected chi connectivity index (χ3v) is 4.38. The third kappa shape index (κ3) is 2.43. The standard InChI is InChI=1S/C15H23BrN2O2/c1-15(2)5-7-18(8-6-16)13-11(19-3)9-10(17)14(20-4)12(13)15/h9H,5-8,17H2,1-4H3. The van der Waals surface area contributed by atoms with Crippen LogP contribution in [0.3, 0.4) is 0 Å². The molecule has 1 aliphatic heterocycles. The highest BCUT2D eigenvalue weighted by molar-refractivity contribution is 9.09. The van der Waals surface area contributed by atoms with Crippen molar-refractivity contribution in [2.45, 2.75) is 25.7 Å². The van der Waals surface area contributed by atoms with Gasteiger partial charge in [0.15, 0.2) is 0 Å². The number of hydrogen-bond donors (Lipinski definition) is 1. The van der Waals surface area contributed by atoms with E-state index in [0.717, 1.165) is 47.6 Å². The van der Waals surface area contributed by atoms with Gasteiger partial charge in [-0.2, -0.15) is 0 Å². The van der Waals surface area contributed by atoms with Crippen molar-refractivity contribution in [3.8, 4) is 11.5 Å². The van der Waals surface area contributed by atoms with E-state index in [-0.39, 0.29) is 5.41 Å². The van der Waals surface area contributed by atoms with Gasteiger partial charge >= 0.3 is 0 Å². The molecule has 4 nitrogen and oxygen atoms in total. The molecule has 2 N–H and O–H groups in total. The lowest BCUT2D eigenvalue weighted by molar-refractivity contribution is 0.369. The van der Waals surface area contributed by atoms with E-state index >= 15 is 0 Å². The lowest BCUT2D eigenvalue weighted by Gasteiger charge is -2.41. The van der Waals surface area contributed by atoms with Gasteiger partial charge in [0, 0.05) is 30.0 Å². The fraction of sp³-hybridized carbons (Fsp3) is 0.600. The van der Waals surface area contributed by atoms with Crippen molar-refractivity contribution in [2.75, 3.05) is 43.3 Å². The van der Waals surface area contributed by atoms with Crippen LogP contribution in [0.25, 0.3) is 0 Å². The number of nitrogens with zero attached hydrogens (tertiary/aromatic N) is 1. The summed E-state index contributed by atoms with van der Waals surface area (Å²) < 4.78 is 11.2. The molecule has 0 fully saturated rings. The van der Waals surface area contributed by atoms with Crippen LogP contribution in [-0.4, -0.2) is 32.6 Å². The first-order valence-corrected chi connectivity index (χ1v) is 7.94. The van der Waals surface area contributed by atoms with Crippen LogP contribution in [0.4, 0.5) is 11.4 Å². The molecule has 112 valence electrons. The highest BCUT2D eigenvalue weighted by Crippen LogP contribution is 2.51. The summed E-state index contributed by atoms with van der Waals surface area (Å²) in [4.78, 5) is 2.34. The van der Waals surface area contributed by atoms with Gasteiger partial charge in [-0.25, -0.2) is 0 Å². The van der Waals surface area contributed by atoms with Gasteiger partial charge in [-0.15, -0.1) is 0 Å². The summed E-state index contributed by atoms with van der Waals surface area (Å²) >= 11 is 3.52. The van der Waals surface area contributed by atoms with E-state index in [9.17, 15) is 0 Å². The van der Waals surface area contributed by atoms with Crippen LogP contribution in [0.5, 0.6) is 11.5 Å². The van der Waals surface area contributed by atoms with Crippen molar-refractivity contribution < 1.29 is 9.47 Å². The molecule has 0 radical (unpaired) electrons. The van der Waals surface area contributed by atoms with Gasteiger partial charge in [0.2, 0.25) is 0 Å². The van der Waals surface area contributed by atoms with E-state index in [1.54, 1.807) is 14.2 Å². The Hall–Kier alpha value is -1.10. The normalized spacial score (nSPS) is 16.8. The Labute approximate surface area is 129 Å². The van der Waals surface area contributed by atoms with Gasteiger partial charge in [-0.3, -0.25) is 0 Å².